The van der Waals surface area contributed by atoms with Crippen LogP contribution in [-0.4, -0.2) is 36.3 Å². The molecule has 25 heavy (non-hydrogen) atoms. The van der Waals surface area contributed by atoms with E-state index in [2.05, 4.69) is 5.32 Å². The lowest BCUT2D eigenvalue weighted by atomic mass is 10.2. The second-order valence-corrected chi connectivity index (χ2v) is 5.59. The van der Waals surface area contributed by atoms with Crippen LogP contribution in [0.4, 0.5) is 8.78 Å². The monoisotopic (exact) mass is 346 g/mol. The average Bonchev–Trinajstić information content (AvgIpc) is 2.82. The van der Waals surface area contributed by atoms with Crippen LogP contribution in [0.5, 0.6) is 11.5 Å². The summed E-state index contributed by atoms with van der Waals surface area (Å²) in [5.74, 6) is -1.51. The van der Waals surface area contributed by atoms with Crippen molar-refractivity contribution in [3.63, 3.8) is 0 Å². The van der Waals surface area contributed by atoms with Crippen molar-refractivity contribution in [2.45, 2.75) is 6.42 Å². The number of amides is 2. The van der Waals surface area contributed by atoms with Crippen molar-refractivity contribution < 1.29 is 23.1 Å². The lowest BCUT2D eigenvalue weighted by molar-refractivity contribution is -0.120. The number of halogens is 2. The summed E-state index contributed by atoms with van der Waals surface area (Å²) in [6.07, 6.45) is 0.275. The Morgan fingerprint density at radius 2 is 1.84 bits per heavy atom. The molecule has 1 N–H and O–H groups in total. The van der Waals surface area contributed by atoms with Crippen LogP contribution in [0.25, 0.3) is 0 Å². The van der Waals surface area contributed by atoms with Crippen LogP contribution >= 0.6 is 0 Å². The summed E-state index contributed by atoms with van der Waals surface area (Å²) in [5, 5.41) is 2.71. The van der Waals surface area contributed by atoms with Gasteiger partial charge in [0.25, 0.3) is 5.91 Å². The average molecular weight is 346 g/mol. The number of nitrogens with zero attached hydrogens (tertiary/aromatic N) is 1. The van der Waals surface area contributed by atoms with Gasteiger partial charge >= 0.3 is 0 Å². The highest BCUT2D eigenvalue weighted by Gasteiger charge is 2.19. The minimum Gasteiger partial charge on any atom is -0.454 e. The Bertz CT molecular complexity index is 793. The Morgan fingerprint density at radius 1 is 1.08 bits per heavy atom. The molecule has 1 aliphatic heterocycles. The quantitative estimate of drug-likeness (QED) is 0.930. The molecule has 3 rings (SSSR count). The van der Waals surface area contributed by atoms with Crippen LogP contribution < -0.4 is 10.1 Å². The van der Waals surface area contributed by atoms with Crippen molar-refractivity contribution in [2.24, 2.45) is 0 Å². The highest BCUT2D eigenvalue weighted by molar-refractivity contribution is 5.94. The first-order valence-electron chi connectivity index (χ1n) is 7.82. The van der Waals surface area contributed by atoms with Crippen LogP contribution in [0.3, 0.4) is 0 Å². The van der Waals surface area contributed by atoms with Gasteiger partial charge in [0.1, 0.15) is 11.6 Å². The van der Waals surface area contributed by atoms with Gasteiger partial charge in [-0.2, -0.15) is 0 Å². The molecule has 1 heterocycles. The summed E-state index contributed by atoms with van der Waals surface area (Å²) in [5.41, 5.74) is 0.446. The maximum Gasteiger partial charge on any atom is 0.253 e. The molecule has 0 radical (unpaired) electrons. The largest absolute Gasteiger partial charge is 0.454 e. The third-order valence-electron chi connectivity index (χ3n) is 3.82. The fraction of sp³-hybridized carbons (Fsp3) is 0.222. The van der Waals surface area contributed by atoms with Crippen molar-refractivity contribution in [1.82, 2.24) is 10.2 Å². The number of benzene rings is 2. The van der Waals surface area contributed by atoms with Gasteiger partial charge < -0.3 is 15.0 Å². The fourth-order valence-electron chi connectivity index (χ4n) is 2.50. The van der Waals surface area contributed by atoms with Gasteiger partial charge in [-0.05, 0) is 36.4 Å². The van der Waals surface area contributed by atoms with Crippen LogP contribution in [0.1, 0.15) is 16.8 Å². The molecule has 130 valence electrons. The molecular weight excluding hydrogens is 330 g/mol. The third kappa shape index (κ3) is 4.12. The minimum absolute atomic E-state index is 0.0691. The van der Waals surface area contributed by atoms with Gasteiger partial charge in [-0.3, -0.25) is 9.59 Å². The standard InChI is InChI=1S/C18H16F2N2O3/c19-13-3-6-16(15(20)11-13)25-14-4-1-12(2-5-14)18(24)22-9-7-17(23)21-8-10-22/h1-6,11H,7-10H2,(H,21,23). The van der Waals surface area contributed by atoms with Crippen LogP contribution in [-0.2, 0) is 4.79 Å². The van der Waals surface area contributed by atoms with Crippen molar-refractivity contribution in [3.8, 4) is 11.5 Å². The lowest BCUT2D eigenvalue weighted by Gasteiger charge is -2.19. The molecule has 0 saturated carbocycles. The first-order valence-corrected chi connectivity index (χ1v) is 7.82. The normalized spacial score (nSPS) is 14.6. The van der Waals surface area contributed by atoms with E-state index < -0.39 is 11.6 Å². The zero-order chi connectivity index (χ0) is 17.8. The van der Waals surface area contributed by atoms with E-state index in [1.54, 1.807) is 17.0 Å². The lowest BCUT2D eigenvalue weighted by Crippen LogP contribution is -2.34. The molecule has 2 aromatic carbocycles. The van der Waals surface area contributed by atoms with Crippen LogP contribution in [0.2, 0.25) is 0 Å². The van der Waals surface area contributed by atoms with Gasteiger partial charge in [0.2, 0.25) is 5.91 Å². The number of hydrogen-bond donors (Lipinski definition) is 1. The van der Waals surface area contributed by atoms with Crippen LogP contribution in [0, 0.1) is 11.6 Å². The van der Waals surface area contributed by atoms with Gasteiger partial charge in [0, 0.05) is 37.7 Å². The van der Waals surface area contributed by atoms with Gasteiger partial charge in [-0.25, -0.2) is 8.78 Å². The smallest absolute Gasteiger partial charge is 0.253 e. The van der Waals surface area contributed by atoms with E-state index >= 15 is 0 Å². The first-order chi connectivity index (χ1) is 12.0. The molecule has 0 spiro atoms. The molecule has 1 fully saturated rings. The highest BCUT2D eigenvalue weighted by Crippen LogP contribution is 2.25. The molecule has 2 aromatic rings. The number of nitrogens with one attached hydrogen (secondary N) is 1. The van der Waals surface area contributed by atoms with E-state index in [-0.39, 0.29) is 24.0 Å². The van der Waals surface area contributed by atoms with E-state index in [1.165, 1.54) is 18.2 Å². The predicted molar refractivity (Wildman–Crippen MR) is 86.4 cm³/mol. The summed E-state index contributed by atoms with van der Waals surface area (Å²) >= 11 is 0. The number of rotatable bonds is 3. The van der Waals surface area contributed by atoms with Crippen molar-refractivity contribution >= 4 is 11.8 Å². The van der Waals surface area contributed by atoms with E-state index in [4.69, 9.17) is 4.74 Å². The molecule has 0 atom stereocenters. The van der Waals surface area contributed by atoms with E-state index in [9.17, 15) is 18.4 Å². The Hall–Kier alpha value is -2.96. The second-order valence-electron chi connectivity index (χ2n) is 5.59. The summed E-state index contributed by atoms with van der Waals surface area (Å²) in [4.78, 5) is 25.4. The Morgan fingerprint density at radius 3 is 2.56 bits per heavy atom. The van der Waals surface area contributed by atoms with E-state index in [0.29, 0.717) is 30.9 Å². The van der Waals surface area contributed by atoms with Gasteiger partial charge in [-0.1, -0.05) is 0 Å². The Balaban J connectivity index is 1.69. The van der Waals surface area contributed by atoms with Crippen LogP contribution in [0.15, 0.2) is 42.5 Å². The summed E-state index contributed by atoms with van der Waals surface area (Å²) in [6, 6.07) is 9.25. The number of carbonyl (C=O) groups excluding carboxylic acids is 2. The van der Waals surface area contributed by atoms with Gasteiger partial charge in [0.15, 0.2) is 11.6 Å². The maximum absolute atomic E-state index is 13.6. The minimum atomic E-state index is -0.804. The molecule has 0 aromatic heterocycles. The van der Waals surface area contributed by atoms with E-state index in [1.807, 2.05) is 0 Å². The third-order valence-corrected chi connectivity index (χ3v) is 3.82. The number of hydrogen-bond acceptors (Lipinski definition) is 3. The predicted octanol–water partition coefficient (Wildman–Crippen LogP) is 2.72. The van der Waals surface area contributed by atoms with Gasteiger partial charge in [0.05, 0.1) is 0 Å². The summed E-state index contributed by atoms with van der Waals surface area (Å²) < 4.78 is 31.8. The summed E-state index contributed by atoms with van der Waals surface area (Å²) in [7, 11) is 0. The SMILES string of the molecule is O=C1CCN(C(=O)c2ccc(Oc3ccc(F)cc3F)cc2)CCN1. The molecule has 0 bridgehead atoms. The van der Waals surface area contributed by atoms with E-state index in [0.717, 1.165) is 12.1 Å². The Labute approximate surface area is 143 Å². The topological polar surface area (TPSA) is 58.6 Å². The second kappa shape index (κ2) is 7.29. The van der Waals surface area contributed by atoms with Crippen molar-refractivity contribution in [1.29, 1.82) is 0 Å². The van der Waals surface area contributed by atoms with Gasteiger partial charge in [-0.15, -0.1) is 0 Å². The molecule has 0 unspecified atom stereocenters. The molecule has 5 nitrogen and oxygen atoms in total. The first kappa shape index (κ1) is 16.9. The molecular formula is C18H16F2N2O3. The number of ether oxygens (including phenoxy) is 1. The summed E-state index contributed by atoms with van der Waals surface area (Å²) in [6.45, 7) is 1.24. The molecule has 1 aliphatic rings. The molecule has 2 amide bonds. The number of carbonyl (C=O) groups is 2. The zero-order valence-electron chi connectivity index (χ0n) is 13.3. The van der Waals surface area contributed by atoms with Crippen molar-refractivity contribution in [2.75, 3.05) is 19.6 Å². The highest BCUT2D eigenvalue weighted by atomic mass is 19.1. The maximum atomic E-state index is 13.6. The fourth-order valence-corrected chi connectivity index (χ4v) is 2.50. The zero-order valence-corrected chi connectivity index (χ0v) is 13.3. The Kier molecular flexibility index (Phi) is 4.92. The molecule has 7 heteroatoms. The van der Waals surface area contributed by atoms with Crippen molar-refractivity contribution in [3.05, 3.63) is 59.7 Å². The molecule has 1 saturated heterocycles. The molecule has 0 aliphatic carbocycles.